The minimum absolute atomic E-state index is 0. The Morgan fingerprint density at radius 1 is 0.964 bits per heavy atom. The van der Waals surface area contributed by atoms with Crippen molar-refractivity contribution in [3.8, 4) is 5.75 Å². The summed E-state index contributed by atoms with van der Waals surface area (Å²) < 4.78 is 9.94. The largest absolute Gasteiger partial charge is 0.492 e. The standard InChI is InChI=1S/C21H27ClN4O.BrH/c1-3-24(4-2)12-13-25-19-10-5-6-11-20(19)26(21(25)23)14-15-27-18-9-7-8-17(22)16-18;/h5-11,16,23H,3-4,12-15H2,1-2H3;1H. The maximum Gasteiger partial charge on any atom is 0.203 e. The Morgan fingerprint density at radius 3 is 2.21 bits per heavy atom. The number of imidazole rings is 1. The van der Waals surface area contributed by atoms with Crippen molar-refractivity contribution in [1.29, 1.82) is 5.41 Å². The number of halogens is 2. The second-order valence-electron chi connectivity index (χ2n) is 6.45. The highest BCUT2D eigenvalue weighted by Gasteiger charge is 2.11. The SMILES string of the molecule is Br.CCN(CC)CCn1c(=N)n(CCOc2cccc(Cl)c2)c2ccccc21. The fourth-order valence-corrected chi connectivity index (χ4v) is 3.52. The van der Waals surface area contributed by atoms with E-state index in [1.807, 2.05) is 34.9 Å². The van der Waals surface area contributed by atoms with E-state index in [9.17, 15) is 0 Å². The number of likely N-dealkylation sites (N-methyl/N-ethyl adjacent to an activating group) is 1. The van der Waals surface area contributed by atoms with Crippen LogP contribution in [-0.4, -0.2) is 40.3 Å². The molecule has 3 aromatic rings. The first-order valence-corrected chi connectivity index (χ1v) is 9.85. The molecule has 7 heteroatoms. The minimum Gasteiger partial charge on any atom is -0.492 e. The third-order valence-electron chi connectivity index (χ3n) is 4.89. The number of para-hydroxylation sites is 2. The molecule has 1 N–H and O–H groups in total. The van der Waals surface area contributed by atoms with Gasteiger partial charge in [-0.25, -0.2) is 0 Å². The third kappa shape index (κ3) is 5.19. The van der Waals surface area contributed by atoms with Gasteiger partial charge < -0.3 is 18.8 Å². The second-order valence-corrected chi connectivity index (χ2v) is 6.88. The highest BCUT2D eigenvalue weighted by atomic mass is 79.9. The zero-order valence-corrected chi connectivity index (χ0v) is 18.9. The van der Waals surface area contributed by atoms with Crippen LogP contribution in [0.15, 0.2) is 48.5 Å². The molecule has 0 unspecified atom stereocenters. The molecule has 0 aliphatic carbocycles. The van der Waals surface area contributed by atoms with Crippen LogP contribution in [-0.2, 0) is 13.1 Å². The molecule has 0 aliphatic heterocycles. The lowest BCUT2D eigenvalue weighted by Gasteiger charge is -2.18. The van der Waals surface area contributed by atoms with Crippen LogP contribution in [0.5, 0.6) is 5.75 Å². The molecule has 0 spiro atoms. The van der Waals surface area contributed by atoms with E-state index >= 15 is 0 Å². The Morgan fingerprint density at radius 2 is 1.61 bits per heavy atom. The van der Waals surface area contributed by atoms with E-state index in [1.54, 1.807) is 6.07 Å². The van der Waals surface area contributed by atoms with E-state index in [-0.39, 0.29) is 17.0 Å². The molecule has 0 bridgehead atoms. The van der Waals surface area contributed by atoms with Crippen LogP contribution in [0.3, 0.4) is 0 Å². The fourth-order valence-electron chi connectivity index (χ4n) is 3.34. The monoisotopic (exact) mass is 466 g/mol. The Bertz CT molecular complexity index is 949. The Labute approximate surface area is 181 Å². The number of ether oxygens (including phenoxy) is 1. The van der Waals surface area contributed by atoms with Crippen molar-refractivity contribution >= 4 is 39.6 Å². The van der Waals surface area contributed by atoms with Crippen LogP contribution in [0, 0.1) is 5.41 Å². The van der Waals surface area contributed by atoms with Gasteiger partial charge in [0.2, 0.25) is 5.62 Å². The smallest absolute Gasteiger partial charge is 0.203 e. The van der Waals surface area contributed by atoms with E-state index in [0.29, 0.717) is 23.8 Å². The molecule has 0 atom stereocenters. The van der Waals surface area contributed by atoms with Gasteiger partial charge in [-0.05, 0) is 43.4 Å². The summed E-state index contributed by atoms with van der Waals surface area (Å²) in [6, 6.07) is 15.6. The average molecular weight is 468 g/mol. The summed E-state index contributed by atoms with van der Waals surface area (Å²) in [5, 5.41) is 9.34. The van der Waals surface area contributed by atoms with Crippen molar-refractivity contribution in [1.82, 2.24) is 14.0 Å². The number of hydrogen-bond donors (Lipinski definition) is 1. The summed E-state index contributed by atoms with van der Waals surface area (Å²) in [6.07, 6.45) is 0. The number of benzene rings is 2. The van der Waals surface area contributed by atoms with E-state index < -0.39 is 0 Å². The van der Waals surface area contributed by atoms with Crippen molar-refractivity contribution in [2.24, 2.45) is 0 Å². The van der Waals surface area contributed by atoms with Gasteiger partial charge in [0, 0.05) is 18.1 Å². The van der Waals surface area contributed by atoms with E-state index in [4.69, 9.17) is 21.7 Å². The Balaban J connectivity index is 0.00000280. The van der Waals surface area contributed by atoms with Crippen LogP contribution < -0.4 is 10.4 Å². The van der Waals surface area contributed by atoms with Gasteiger partial charge in [0.15, 0.2) is 0 Å². The zero-order valence-electron chi connectivity index (χ0n) is 16.4. The molecular weight excluding hydrogens is 440 g/mol. The predicted molar refractivity (Wildman–Crippen MR) is 121 cm³/mol. The second kappa shape index (κ2) is 10.7. The summed E-state index contributed by atoms with van der Waals surface area (Å²) in [6.45, 7) is 9.25. The molecular formula is C21H28BrClN4O. The molecule has 2 aromatic carbocycles. The van der Waals surface area contributed by atoms with E-state index in [0.717, 1.165) is 43.0 Å². The molecule has 152 valence electrons. The first-order chi connectivity index (χ1) is 13.1. The molecule has 5 nitrogen and oxygen atoms in total. The topological polar surface area (TPSA) is 46.2 Å². The molecule has 28 heavy (non-hydrogen) atoms. The third-order valence-corrected chi connectivity index (χ3v) is 5.12. The maximum atomic E-state index is 8.68. The van der Waals surface area contributed by atoms with Gasteiger partial charge >= 0.3 is 0 Å². The van der Waals surface area contributed by atoms with Crippen LogP contribution >= 0.6 is 28.6 Å². The van der Waals surface area contributed by atoms with Crippen LogP contribution in [0.1, 0.15) is 13.8 Å². The van der Waals surface area contributed by atoms with Crippen molar-refractivity contribution < 1.29 is 4.74 Å². The summed E-state index contributed by atoms with van der Waals surface area (Å²) in [4.78, 5) is 2.38. The quantitative estimate of drug-likeness (QED) is 0.501. The molecule has 1 heterocycles. The van der Waals surface area contributed by atoms with E-state index in [2.05, 4.69) is 35.4 Å². The van der Waals surface area contributed by atoms with Gasteiger partial charge in [0.1, 0.15) is 12.4 Å². The Hall–Kier alpha value is -1.76. The van der Waals surface area contributed by atoms with Crippen molar-refractivity contribution in [2.75, 3.05) is 26.2 Å². The highest BCUT2D eigenvalue weighted by Crippen LogP contribution is 2.17. The number of aromatic nitrogens is 2. The summed E-state index contributed by atoms with van der Waals surface area (Å²) in [5.41, 5.74) is 2.67. The first-order valence-electron chi connectivity index (χ1n) is 9.47. The highest BCUT2D eigenvalue weighted by molar-refractivity contribution is 8.93. The maximum absolute atomic E-state index is 8.68. The molecule has 0 aliphatic rings. The lowest BCUT2D eigenvalue weighted by molar-refractivity contribution is 0.284. The average Bonchev–Trinajstić information content (AvgIpc) is 2.94. The van der Waals surface area contributed by atoms with Crippen molar-refractivity contribution in [3.63, 3.8) is 0 Å². The molecule has 0 fully saturated rings. The Kier molecular flexibility index (Phi) is 8.60. The summed E-state index contributed by atoms with van der Waals surface area (Å²) in [7, 11) is 0. The lowest BCUT2D eigenvalue weighted by Crippen LogP contribution is -2.32. The molecule has 0 radical (unpaired) electrons. The summed E-state index contributed by atoms with van der Waals surface area (Å²) >= 11 is 6.01. The molecule has 1 aromatic heterocycles. The lowest BCUT2D eigenvalue weighted by atomic mass is 10.3. The van der Waals surface area contributed by atoms with Gasteiger partial charge in [0.05, 0.1) is 17.6 Å². The number of fused-ring (bicyclic) bond motifs is 1. The van der Waals surface area contributed by atoms with E-state index in [1.165, 1.54) is 0 Å². The van der Waals surface area contributed by atoms with Crippen LogP contribution in [0.4, 0.5) is 0 Å². The van der Waals surface area contributed by atoms with Gasteiger partial charge in [0.25, 0.3) is 0 Å². The molecule has 0 saturated carbocycles. The minimum atomic E-state index is 0. The normalized spacial score (nSPS) is 11.0. The molecule has 0 saturated heterocycles. The fraction of sp³-hybridized carbons (Fsp3) is 0.381. The number of nitrogens with one attached hydrogen (secondary N) is 1. The predicted octanol–water partition coefficient (Wildman–Crippen LogP) is 4.57. The van der Waals surface area contributed by atoms with Crippen molar-refractivity contribution in [2.45, 2.75) is 26.9 Å². The number of hydrogen-bond acceptors (Lipinski definition) is 3. The van der Waals surface area contributed by atoms with Crippen LogP contribution in [0.2, 0.25) is 5.02 Å². The van der Waals surface area contributed by atoms with Gasteiger partial charge in [-0.2, -0.15) is 0 Å². The summed E-state index contributed by atoms with van der Waals surface area (Å²) in [5.74, 6) is 0.750. The number of nitrogens with zero attached hydrogens (tertiary/aromatic N) is 3. The van der Waals surface area contributed by atoms with Gasteiger partial charge in [-0.15, -0.1) is 17.0 Å². The number of rotatable bonds is 9. The van der Waals surface area contributed by atoms with Crippen LogP contribution in [0.25, 0.3) is 11.0 Å². The first kappa shape index (κ1) is 22.5. The van der Waals surface area contributed by atoms with Gasteiger partial charge in [-0.1, -0.05) is 43.6 Å². The molecule has 0 amide bonds. The molecule has 3 rings (SSSR count). The van der Waals surface area contributed by atoms with Crippen molar-refractivity contribution in [3.05, 3.63) is 59.2 Å². The van der Waals surface area contributed by atoms with Gasteiger partial charge in [-0.3, -0.25) is 5.41 Å². The zero-order chi connectivity index (χ0) is 19.2.